The highest BCUT2D eigenvalue weighted by molar-refractivity contribution is 6.09. The number of carbonyl (C=O) groups is 1. The summed E-state index contributed by atoms with van der Waals surface area (Å²) in [5.74, 6) is 0.761. The van der Waals surface area contributed by atoms with Crippen molar-refractivity contribution in [3.05, 3.63) is 76.4 Å². The molecule has 0 spiro atoms. The molecule has 0 atom stereocenters. The average molecular weight is 484 g/mol. The van der Waals surface area contributed by atoms with E-state index >= 15 is 0 Å². The fraction of sp³-hybridized carbons (Fsp3) is 0.357. The molecule has 1 aliphatic heterocycles. The number of likely N-dealkylation sites (tertiary alicyclic amines) is 1. The predicted molar refractivity (Wildman–Crippen MR) is 135 cm³/mol. The van der Waals surface area contributed by atoms with Gasteiger partial charge in [-0.25, -0.2) is 0 Å². The third-order valence-corrected chi connectivity index (χ3v) is 6.73. The highest BCUT2D eigenvalue weighted by Crippen LogP contribution is 2.30. The van der Waals surface area contributed by atoms with E-state index in [0.717, 1.165) is 54.1 Å². The van der Waals surface area contributed by atoms with Crippen LogP contribution in [0.4, 0.5) is 0 Å². The molecular weight excluding hydrogens is 454 g/mol. The van der Waals surface area contributed by atoms with Gasteiger partial charge < -0.3 is 13.8 Å². The number of benzene rings is 1. The molecule has 184 valence electrons. The molecule has 8 heteroatoms. The zero-order chi connectivity index (χ0) is 25.1. The number of carbonyl (C=O) groups excluding carboxylic acids is 1. The van der Waals surface area contributed by atoms with Crippen LogP contribution in [0.25, 0.3) is 16.7 Å². The number of ketones is 1. The minimum Gasteiger partial charge on any atom is -0.377 e. The van der Waals surface area contributed by atoms with Crippen molar-refractivity contribution in [2.24, 2.45) is 0 Å². The van der Waals surface area contributed by atoms with Gasteiger partial charge in [0, 0.05) is 37.2 Å². The third-order valence-electron chi connectivity index (χ3n) is 6.73. The number of rotatable bonds is 8. The lowest BCUT2D eigenvalue weighted by Gasteiger charge is -2.25. The number of piperidine rings is 1. The minimum absolute atomic E-state index is 0.0905. The van der Waals surface area contributed by atoms with Crippen molar-refractivity contribution in [2.75, 3.05) is 26.7 Å². The number of fused-ring (bicyclic) bond motifs is 1. The van der Waals surface area contributed by atoms with Gasteiger partial charge in [-0.2, -0.15) is 5.26 Å². The molecular formula is C28H29N5O3. The van der Waals surface area contributed by atoms with E-state index < -0.39 is 0 Å². The molecule has 3 aromatic heterocycles. The maximum absolute atomic E-state index is 13.6. The molecule has 0 aliphatic carbocycles. The van der Waals surface area contributed by atoms with Crippen molar-refractivity contribution < 1.29 is 14.1 Å². The SMILES string of the molecule is COCc1cc(Cc2cnc3c(C(=O)CN4CCCCC4)c(C)n(-c4ccc(C#N)cc4)c3c2)no1. The molecule has 36 heavy (non-hydrogen) atoms. The normalized spacial score (nSPS) is 14.2. The van der Waals surface area contributed by atoms with Crippen LogP contribution in [0.3, 0.4) is 0 Å². The quantitative estimate of drug-likeness (QED) is 0.338. The van der Waals surface area contributed by atoms with Gasteiger partial charge in [-0.3, -0.25) is 14.7 Å². The maximum atomic E-state index is 13.6. The molecule has 0 unspecified atom stereocenters. The van der Waals surface area contributed by atoms with Gasteiger partial charge in [-0.15, -0.1) is 0 Å². The number of nitriles is 1. The number of pyridine rings is 1. The van der Waals surface area contributed by atoms with Crippen molar-refractivity contribution in [3.8, 4) is 11.8 Å². The lowest BCUT2D eigenvalue weighted by molar-refractivity contribution is 0.0916. The van der Waals surface area contributed by atoms with E-state index in [2.05, 4.69) is 26.8 Å². The van der Waals surface area contributed by atoms with Crippen LogP contribution in [0.1, 0.15) is 57.9 Å². The summed E-state index contributed by atoms with van der Waals surface area (Å²) in [5, 5.41) is 13.4. The van der Waals surface area contributed by atoms with Gasteiger partial charge in [0.05, 0.1) is 40.5 Å². The summed E-state index contributed by atoms with van der Waals surface area (Å²) >= 11 is 0. The van der Waals surface area contributed by atoms with E-state index in [9.17, 15) is 10.1 Å². The van der Waals surface area contributed by atoms with Crippen LogP contribution >= 0.6 is 0 Å². The van der Waals surface area contributed by atoms with Crippen LogP contribution in [0.5, 0.6) is 0 Å². The number of ether oxygens (including phenoxy) is 1. The molecule has 0 amide bonds. The van der Waals surface area contributed by atoms with Crippen LogP contribution in [-0.2, 0) is 17.8 Å². The van der Waals surface area contributed by atoms with E-state index in [0.29, 0.717) is 42.0 Å². The van der Waals surface area contributed by atoms with Crippen LogP contribution in [0.2, 0.25) is 0 Å². The molecule has 1 saturated heterocycles. The number of nitrogens with zero attached hydrogens (tertiary/aromatic N) is 5. The second kappa shape index (κ2) is 10.4. The number of aromatic nitrogens is 3. The van der Waals surface area contributed by atoms with E-state index in [-0.39, 0.29) is 5.78 Å². The molecule has 0 saturated carbocycles. The van der Waals surface area contributed by atoms with Gasteiger partial charge in [0.1, 0.15) is 6.61 Å². The monoisotopic (exact) mass is 483 g/mol. The van der Waals surface area contributed by atoms with Crippen molar-refractivity contribution in [2.45, 2.75) is 39.2 Å². The highest BCUT2D eigenvalue weighted by Gasteiger charge is 2.24. The van der Waals surface area contributed by atoms with E-state index in [1.807, 2.05) is 31.3 Å². The summed E-state index contributed by atoms with van der Waals surface area (Å²) in [7, 11) is 1.61. The first kappa shape index (κ1) is 23.9. The van der Waals surface area contributed by atoms with Crippen molar-refractivity contribution >= 4 is 16.8 Å². The minimum atomic E-state index is 0.0905. The zero-order valence-electron chi connectivity index (χ0n) is 20.7. The lowest BCUT2D eigenvalue weighted by Crippen LogP contribution is -2.34. The Morgan fingerprint density at radius 3 is 2.67 bits per heavy atom. The van der Waals surface area contributed by atoms with Crippen molar-refractivity contribution in [1.82, 2.24) is 19.6 Å². The van der Waals surface area contributed by atoms with Crippen LogP contribution in [0, 0.1) is 18.3 Å². The van der Waals surface area contributed by atoms with Crippen LogP contribution in [0.15, 0.2) is 47.1 Å². The van der Waals surface area contributed by atoms with Gasteiger partial charge in [-0.1, -0.05) is 11.6 Å². The standard InChI is InChI=1S/C28H29N5O3/c1-19-27(26(34)17-32-10-4-3-5-11-32)28-25(33(19)23-8-6-20(15-29)7-9-23)13-21(16-30-28)12-22-14-24(18-35-2)36-31-22/h6-9,13-14,16H,3-5,10-12,17-18H2,1-2H3. The van der Waals surface area contributed by atoms with Gasteiger partial charge in [-0.05, 0) is 68.8 Å². The van der Waals surface area contributed by atoms with Crippen LogP contribution in [-0.4, -0.2) is 52.1 Å². The second-order valence-electron chi connectivity index (χ2n) is 9.32. The lowest BCUT2D eigenvalue weighted by atomic mass is 10.1. The highest BCUT2D eigenvalue weighted by atomic mass is 16.5. The van der Waals surface area contributed by atoms with Gasteiger partial charge in [0.15, 0.2) is 11.5 Å². The first-order chi connectivity index (χ1) is 17.6. The fourth-order valence-corrected chi connectivity index (χ4v) is 5.03. The Bertz CT molecular complexity index is 1420. The first-order valence-corrected chi connectivity index (χ1v) is 12.3. The van der Waals surface area contributed by atoms with E-state index in [1.54, 1.807) is 19.2 Å². The molecule has 4 heterocycles. The number of hydrogen-bond donors (Lipinski definition) is 0. The average Bonchev–Trinajstić information content (AvgIpc) is 3.45. The summed E-state index contributed by atoms with van der Waals surface area (Å²) < 4.78 is 12.5. The van der Waals surface area contributed by atoms with Crippen molar-refractivity contribution in [3.63, 3.8) is 0 Å². The number of methoxy groups -OCH3 is 1. The maximum Gasteiger partial charge on any atom is 0.180 e. The Labute approximate surface area is 210 Å². The summed E-state index contributed by atoms with van der Waals surface area (Å²) in [6.45, 7) is 4.65. The summed E-state index contributed by atoms with van der Waals surface area (Å²) in [6.07, 6.45) is 5.85. The summed E-state index contributed by atoms with van der Waals surface area (Å²) in [5.41, 5.74) is 6.29. The molecule has 1 aliphatic rings. The Morgan fingerprint density at radius 1 is 1.17 bits per heavy atom. The molecule has 4 aromatic rings. The Hall–Kier alpha value is -3.80. The molecule has 0 radical (unpaired) electrons. The third kappa shape index (κ3) is 4.81. The molecule has 1 aromatic carbocycles. The van der Waals surface area contributed by atoms with E-state index in [4.69, 9.17) is 14.2 Å². The zero-order valence-corrected chi connectivity index (χ0v) is 20.7. The van der Waals surface area contributed by atoms with Crippen molar-refractivity contribution in [1.29, 1.82) is 5.26 Å². The molecule has 5 rings (SSSR count). The predicted octanol–water partition coefficient (Wildman–Crippen LogP) is 4.60. The number of hydrogen-bond acceptors (Lipinski definition) is 7. The fourth-order valence-electron chi connectivity index (χ4n) is 5.03. The molecule has 0 bridgehead atoms. The van der Waals surface area contributed by atoms with Gasteiger partial charge in [0.2, 0.25) is 0 Å². The van der Waals surface area contributed by atoms with Gasteiger partial charge in [0.25, 0.3) is 0 Å². The first-order valence-electron chi connectivity index (χ1n) is 12.3. The second-order valence-corrected chi connectivity index (χ2v) is 9.32. The molecule has 8 nitrogen and oxygen atoms in total. The Morgan fingerprint density at radius 2 is 1.94 bits per heavy atom. The van der Waals surface area contributed by atoms with Crippen LogP contribution < -0.4 is 0 Å². The topological polar surface area (TPSA) is 97.2 Å². The molecule has 0 N–H and O–H groups in total. The van der Waals surface area contributed by atoms with E-state index in [1.165, 1.54) is 6.42 Å². The Balaban J connectivity index is 1.56. The molecule has 1 fully saturated rings. The van der Waals surface area contributed by atoms with Gasteiger partial charge >= 0.3 is 0 Å². The smallest absolute Gasteiger partial charge is 0.180 e. The number of Topliss-reactive ketones (excluding diaryl/α,β-unsaturated/α-hetero) is 1. The largest absolute Gasteiger partial charge is 0.377 e. The Kier molecular flexibility index (Phi) is 6.94. The summed E-state index contributed by atoms with van der Waals surface area (Å²) in [6, 6.07) is 13.5. The summed E-state index contributed by atoms with van der Waals surface area (Å²) in [4.78, 5) is 20.6.